The second kappa shape index (κ2) is 5.57. The number of hydrogen-bond donors (Lipinski definition) is 1. The Morgan fingerprint density at radius 2 is 2.37 bits per heavy atom. The molecule has 3 heteroatoms. The first kappa shape index (κ1) is 13.8. The zero-order valence-corrected chi connectivity index (χ0v) is 11.7. The maximum Gasteiger partial charge on any atom is 0.331 e. The van der Waals surface area contributed by atoms with Crippen molar-refractivity contribution in [2.24, 2.45) is 0 Å². The first-order valence-corrected chi connectivity index (χ1v) is 6.77. The van der Waals surface area contributed by atoms with Gasteiger partial charge in [0.25, 0.3) is 0 Å². The van der Waals surface area contributed by atoms with Crippen LogP contribution in [0.5, 0.6) is 0 Å². The lowest BCUT2D eigenvalue weighted by atomic mass is 9.90. The first-order chi connectivity index (χ1) is 9.14. The molecule has 0 bridgehead atoms. The van der Waals surface area contributed by atoms with E-state index in [1.807, 2.05) is 13.8 Å². The summed E-state index contributed by atoms with van der Waals surface area (Å²) in [5.41, 5.74) is 2.75. The summed E-state index contributed by atoms with van der Waals surface area (Å²) in [6.45, 7) is 8.59. The molecule has 1 unspecified atom stereocenters. The Balaban J connectivity index is 2.43. The van der Waals surface area contributed by atoms with Crippen molar-refractivity contribution in [3.05, 3.63) is 47.5 Å². The molecule has 1 atom stereocenters. The lowest BCUT2D eigenvalue weighted by Gasteiger charge is -2.29. The summed E-state index contributed by atoms with van der Waals surface area (Å²) in [6, 6.07) is 6.30. The van der Waals surface area contributed by atoms with Crippen LogP contribution in [0.15, 0.2) is 30.9 Å². The molecule has 0 radical (unpaired) electrons. The van der Waals surface area contributed by atoms with Gasteiger partial charge in [-0.05, 0) is 37.8 Å². The molecule has 1 aromatic rings. The molecule has 1 aromatic carbocycles. The Hall–Kier alpha value is -1.61. The van der Waals surface area contributed by atoms with Gasteiger partial charge in [-0.25, -0.2) is 4.79 Å². The van der Waals surface area contributed by atoms with Gasteiger partial charge in [-0.15, -0.1) is 6.58 Å². The van der Waals surface area contributed by atoms with Gasteiger partial charge in [0, 0.05) is 6.54 Å². The number of carbonyl (C=O) groups excluding carboxylic acids is 1. The maximum absolute atomic E-state index is 12.4. The number of nitrogens with one attached hydrogen (secondary N) is 1. The monoisotopic (exact) mass is 259 g/mol. The van der Waals surface area contributed by atoms with E-state index in [4.69, 9.17) is 4.74 Å². The Morgan fingerprint density at radius 1 is 1.58 bits per heavy atom. The van der Waals surface area contributed by atoms with E-state index in [2.05, 4.69) is 30.1 Å². The Bertz CT molecular complexity index is 496. The van der Waals surface area contributed by atoms with E-state index in [1.165, 1.54) is 5.56 Å². The molecule has 1 aliphatic carbocycles. The van der Waals surface area contributed by atoms with Crippen LogP contribution >= 0.6 is 0 Å². The fraction of sp³-hybridized carbons (Fsp3) is 0.438. The molecule has 1 aliphatic rings. The highest BCUT2D eigenvalue weighted by Gasteiger charge is 2.46. The number of aryl methyl sites for hydroxylation is 2. The van der Waals surface area contributed by atoms with Gasteiger partial charge in [-0.3, -0.25) is 5.32 Å². The molecular formula is C16H21NO2. The van der Waals surface area contributed by atoms with Crippen LogP contribution in [-0.2, 0) is 21.5 Å². The van der Waals surface area contributed by atoms with Crippen LogP contribution in [0.3, 0.4) is 0 Å². The average molecular weight is 259 g/mol. The molecule has 1 N–H and O–H groups in total. The van der Waals surface area contributed by atoms with Gasteiger partial charge < -0.3 is 4.74 Å². The summed E-state index contributed by atoms with van der Waals surface area (Å²) in [6.07, 6.45) is 3.42. The largest absolute Gasteiger partial charge is 0.464 e. The number of rotatable bonds is 5. The summed E-state index contributed by atoms with van der Waals surface area (Å²) >= 11 is 0. The summed E-state index contributed by atoms with van der Waals surface area (Å²) in [7, 11) is 0. The van der Waals surface area contributed by atoms with Crippen LogP contribution in [0.4, 0.5) is 0 Å². The molecule has 2 rings (SSSR count). The minimum absolute atomic E-state index is 0.179. The standard InChI is InChI=1S/C16H21NO2/c1-4-10-17-16(15(18)19-5-2)9-8-13-7-6-12(3)11-14(13)16/h4,6-7,11,17H,1,5,8-10H2,2-3H3. The van der Waals surface area contributed by atoms with Crippen LogP contribution in [0, 0.1) is 6.92 Å². The molecule has 3 nitrogen and oxygen atoms in total. The predicted octanol–water partition coefficient (Wildman–Crippen LogP) is 2.48. The van der Waals surface area contributed by atoms with Crippen molar-refractivity contribution in [3.63, 3.8) is 0 Å². The number of carbonyl (C=O) groups is 1. The molecule has 0 amide bonds. The molecule has 0 fully saturated rings. The molecule has 0 heterocycles. The van der Waals surface area contributed by atoms with Gasteiger partial charge in [0.15, 0.2) is 0 Å². The number of ether oxygens (including phenoxy) is 1. The number of fused-ring (bicyclic) bond motifs is 1. The van der Waals surface area contributed by atoms with Crippen LogP contribution < -0.4 is 5.32 Å². The highest BCUT2D eigenvalue weighted by atomic mass is 16.5. The Labute approximate surface area is 114 Å². The quantitative estimate of drug-likeness (QED) is 0.652. The highest BCUT2D eigenvalue weighted by Crippen LogP contribution is 2.38. The molecule has 0 saturated carbocycles. The minimum Gasteiger partial charge on any atom is -0.464 e. The second-order valence-electron chi connectivity index (χ2n) is 4.96. The highest BCUT2D eigenvalue weighted by molar-refractivity contribution is 5.84. The van der Waals surface area contributed by atoms with E-state index < -0.39 is 5.54 Å². The van der Waals surface area contributed by atoms with Crippen molar-refractivity contribution in [3.8, 4) is 0 Å². The lowest BCUT2D eigenvalue weighted by molar-refractivity contribution is -0.151. The van der Waals surface area contributed by atoms with Crippen molar-refractivity contribution in [1.29, 1.82) is 0 Å². The molecule has 0 aliphatic heterocycles. The lowest BCUT2D eigenvalue weighted by Crippen LogP contribution is -2.48. The van der Waals surface area contributed by atoms with Crippen molar-refractivity contribution in [2.75, 3.05) is 13.2 Å². The normalized spacial score (nSPS) is 20.9. The van der Waals surface area contributed by atoms with Gasteiger partial charge in [0.1, 0.15) is 5.54 Å². The van der Waals surface area contributed by atoms with E-state index >= 15 is 0 Å². The molecule has 102 valence electrons. The van der Waals surface area contributed by atoms with Crippen molar-refractivity contribution in [1.82, 2.24) is 5.32 Å². The third-order valence-corrected chi connectivity index (χ3v) is 3.67. The summed E-state index contributed by atoms with van der Waals surface area (Å²) < 4.78 is 5.29. The Kier molecular flexibility index (Phi) is 4.05. The topological polar surface area (TPSA) is 38.3 Å². The van der Waals surface area contributed by atoms with Gasteiger partial charge in [0.2, 0.25) is 0 Å². The molecular weight excluding hydrogens is 238 g/mol. The fourth-order valence-electron chi connectivity index (χ4n) is 2.73. The minimum atomic E-state index is -0.703. The second-order valence-corrected chi connectivity index (χ2v) is 4.96. The van der Waals surface area contributed by atoms with E-state index in [1.54, 1.807) is 6.08 Å². The summed E-state index contributed by atoms with van der Waals surface area (Å²) in [5, 5.41) is 3.32. The fourth-order valence-corrected chi connectivity index (χ4v) is 2.73. The van der Waals surface area contributed by atoms with Crippen molar-refractivity contribution < 1.29 is 9.53 Å². The summed E-state index contributed by atoms with van der Waals surface area (Å²) in [5.74, 6) is -0.179. The third kappa shape index (κ3) is 2.43. The average Bonchev–Trinajstić information content (AvgIpc) is 2.76. The van der Waals surface area contributed by atoms with E-state index in [-0.39, 0.29) is 5.97 Å². The zero-order valence-electron chi connectivity index (χ0n) is 11.7. The van der Waals surface area contributed by atoms with E-state index in [0.717, 1.165) is 24.0 Å². The van der Waals surface area contributed by atoms with Crippen LogP contribution in [0.1, 0.15) is 30.0 Å². The summed E-state index contributed by atoms with van der Waals surface area (Å²) in [4.78, 5) is 12.4. The van der Waals surface area contributed by atoms with Gasteiger partial charge >= 0.3 is 5.97 Å². The van der Waals surface area contributed by atoms with Crippen molar-refractivity contribution in [2.45, 2.75) is 32.2 Å². The van der Waals surface area contributed by atoms with Crippen LogP contribution in [0.25, 0.3) is 0 Å². The first-order valence-electron chi connectivity index (χ1n) is 6.77. The Morgan fingerprint density at radius 3 is 3.05 bits per heavy atom. The van der Waals surface area contributed by atoms with Crippen molar-refractivity contribution >= 4 is 5.97 Å². The van der Waals surface area contributed by atoms with Gasteiger partial charge in [-0.2, -0.15) is 0 Å². The zero-order chi connectivity index (χ0) is 13.9. The van der Waals surface area contributed by atoms with Crippen LogP contribution in [-0.4, -0.2) is 19.1 Å². The molecule has 0 aromatic heterocycles. The van der Waals surface area contributed by atoms with E-state index in [0.29, 0.717) is 13.2 Å². The third-order valence-electron chi connectivity index (χ3n) is 3.67. The maximum atomic E-state index is 12.4. The predicted molar refractivity (Wildman–Crippen MR) is 76.0 cm³/mol. The number of esters is 1. The van der Waals surface area contributed by atoms with Crippen LogP contribution in [0.2, 0.25) is 0 Å². The number of hydrogen-bond acceptors (Lipinski definition) is 3. The smallest absolute Gasteiger partial charge is 0.331 e. The van der Waals surface area contributed by atoms with Gasteiger partial charge in [-0.1, -0.05) is 29.8 Å². The SMILES string of the molecule is C=CCNC1(C(=O)OCC)CCc2ccc(C)cc21. The molecule has 19 heavy (non-hydrogen) atoms. The van der Waals surface area contributed by atoms with Gasteiger partial charge in [0.05, 0.1) is 6.61 Å². The molecule has 0 spiro atoms. The number of benzene rings is 1. The van der Waals surface area contributed by atoms with E-state index in [9.17, 15) is 4.79 Å². The molecule has 0 saturated heterocycles.